The van der Waals surface area contributed by atoms with Gasteiger partial charge < -0.3 is 24.4 Å². The molecule has 0 bridgehead atoms. The molecule has 2 aliphatic rings. The van der Waals surface area contributed by atoms with E-state index in [2.05, 4.69) is 5.32 Å². The van der Waals surface area contributed by atoms with Crippen molar-refractivity contribution in [2.75, 3.05) is 25.0 Å². The number of benzene rings is 1. The fraction of sp³-hybridized carbons (Fsp3) is 0.636. The highest BCUT2D eigenvalue weighted by Crippen LogP contribution is 2.38. The lowest BCUT2D eigenvalue weighted by atomic mass is 9.96. The Morgan fingerprint density at radius 1 is 1.24 bits per heavy atom. The number of nitrogens with one attached hydrogen (secondary N) is 1. The van der Waals surface area contributed by atoms with Crippen LogP contribution in [-0.4, -0.2) is 48.3 Å². The van der Waals surface area contributed by atoms with Crippen molar-refractivity contribution in [2.45, 2.75) is 65.6 Å². The minimum Gasteiger partial charge on any atom is -0.492 e. The number of hydrogen-bond acceptors (Lipinski definition) is 5. The summed E-state index contributed by atoms with van der Waals surface area (Å²) in [5.41, 5.74) is 1.22. The standard InChI is InChI=1S/C22H32N2O5/c1-6-27-19-12-16-11-14(2)28-18(16)13-17(19)23-20(25)15-7-9-24(10-8-15)21(26)29-22(3,4)5/h12-15H,6-11H2,1-5H3,(H,23,25). The van der Waals surface area contributed by atoms with Crippen molar-refractivity contribution < 1.29 is 23.8 Å². The molecule has 1 saturated heterocycles. The van der Waals surface area contributed by atoms with Crippen LogP contribution in [0.25, 0.3) is 0 Å². The lowest BCUT2D eigenvalue weighted by Crippen LogP contribution is -2.43. The van der Waals surface area contributed by atoms with Gasteiger partial charge in [-0.2, -0.15) is 0 Å². The molecule has 1 fully saturated rings. The first-order chi connectivity index (χ1) is 13.7. The van der Waals surface area contributed by atoms with Gasteiger partial charge in [-0.15, -0.1) is 0 Å². The summed E-state index contributed by atoms with van der Waals surface area (Å²) in [4.78, 5) is 26.7. The maximum absolute atomic E-state index is 12.9. The van der Waals surface area contributed by atoms with Gasteiger partial charge in [0.1, 0.15) is 23.2 Å². The Morgan fingerprint density at radius 2 is 1.93 bits per heavy atom. The number of nitrogens with zero attached hydrogens (tertiary/aromatic N) is 1. The second-order valence-corrected chi connectivity index (χ2v) is 8.75. The molecule has 7 heteroatoms. The second-order valence-electron chi connectivity index (χ2n) is 8.75. The van der Waals surface area contributed by atoms with Crippen LogP contribution in [0.5, 0.6) is 11.5 Å². The molecular formula is C22H32N2O5. The normalized spacial score (nSPS) is 19.3. The van der Waals surface area contributed by atoms with Gasteiger partial charge in [0.05, 0.1) is 12.3 Å². The van der Waals surface area contributed by atoms with Crippen molar-refractivity contribution in [3.05, 3.63) is 17.7 Å². The van der Waals surface area contributed by atoms with Gasteiger partial charge in [-0.1, -0.05) is 0 Å². The molecule has 1 atom stereocenters. The van der Waals surface area contributed by atoms with Crippen LogP contribution >= 0.6 is 0 Å². The zero-order chi connectivity index (χ0) is 21.2. The molecule has 3 rings (SSSR count). The van der Waals surface area contributed by atoms with Gasteiger partial charge in [0, 0.05) is 37.1 Å². The lowest BCUT2D eigenvalue weighted by molar-refractivity contribution is -0.121. The summed E-state index contributed by atoms with van der Waals surface area (Å²) in [5, 5.41) is 3.01. The van der Waals surface area contributed by atoms with Gasteiger partial charge in [-0.25, -0.2) is 4.79 Å². The molecule has 0 radical (unpaired) electrons. The highest BCUT2D eigenvalue weighted by atomic mass is 16.6. The number of piperidine rings is 1. The summed E-state index contributed by atoms with van der Waals surface area (Å²) in [6, 6.07) is 3.82. The van der Waals surface area contributed by atoms with Gasteiger partial charge in [0.25, 0.3) is 0 Å². The minimum absolute atomic E-state index is 0.0548. The summed E-state index contributed by atoms with van der Waals surface area (Å²) in [7, 11) is 0. The number of likely N-dealkylation sites (tertiary alicyclic amines) is 1. The van der Waals surface area contributed by atoms with Gasteiger partial charge >= 0.3 is 6.09 Å². The van der Waals surface area contributed by atoms with E-state index in [0.29, 0.717) is 44.0 Å². The molecule has 2 amide bonds. The van der Waals surface area contributed by atoms with E-state index >= 15 is 0 Å². The largest absolute Gasteiger partial charge is 0.492 e. The van der Waals surface area contributed by atoms with Crippen LogP contribution in [-0.2, 0) is 16.0 Å². The zero-order valence-electron chi connectivity index (χ0n) is 18.0. The van der Waals surface area contributed by atoms with E-state index in [4.69, 9.17) is 14.2 Å². The topological polar surface area (TPSA) is 77.1 Å². The number of rotatable bonds is 4. The Balaban J connectivity index is 1.61. The van der Waals surface area contributed by atoms with Gasteiger partial charge in [0.15, 0.2) is 0 Å². The van der Waals surface area contributed by atoms with E-state index in [1.165, 1.54) is 0 Å². The molecule has 1 aromatic rings. The Kier molecular flexibility index (Phi) is 6.24. The summed E-state index contributed by atoms with van der Waals surface area (Å²) in [6.45, 7) is 11.0. The van der Waals surface area contributed by atoms with E-state index in [0.717, 1.165) is 17.7 Å². The van der Waals surface area contributed by atoms with Crippen molar-refractivity contribution >= 4 is 17.7 Å². The average molecular weight is 405 g/mol. The van der Waals surface area contributed by atoms with Gasteiger partial charge in [-0.3, -0.25) is 4.79 Å². The van der Waals surface area contributed by atoms with E-state index < -0.39 is 5.60 Å². The number of hydrogen-bond donors (Lipinski definition) is 1. The fourth-order valence-electron chi connectivity index (χ4n) is 3.70. The molecule has 0 aromatic heterocycles. The van der Waals surface area contributed by atoms with Crippen LogP contribution in [0, 0.1) is 5.92 Å². The number of anilines is 1. The molecule has 0 spiro atoms. The van der Waals surface area contributed by atoms with Crippen LogP contribution in [0.3, 0.4) is 0 Å². The first-order valence-electron chi connectivity index (χ1n) is 10.4. The molecule has 2 heterocycles. The zero-order valence-corrected chi connectivity index (χ0v) is 18.0. The molecule has 2 aliphatic heterocycles. The van der Waals surface area contributed by atoms with Crippen molar-refractivity contribution in [2.24, 2.45) is 5.92 Å². The third kappa shape index (κ3) is 5.34. The summed E-state index contributed by atoms with van der Waals surface area (Å²) in [6.07, 6.45) is 1.86. The molecule has 1 aromatic carbocycles. The van der Waals surface area contributed by atoms with E-state index in [1.807, 2.05) is 46.8 Å². The summed E-state index contributed by atoms with van der Waals surface area (Å²) >= 11 is 0. The monoisotopic (exact) mass is 404 g/mol. The van der Waals surface area contributed by atoms with Crippen molar-refractivity contribution in [3.63, 3.8) is 0 Å². The van der Waals surface area contributed by atoms with E-state index in [-0.39, 0.29) is 24.0 Å². The van der Waals surface area contributed by atoms with Crippen molar-refractivity contribution in [3.8, 4) is 11.5 Å². The molecule has 0 saturated carbocycles. The third-order valence-electron chi connectivity index (χ3n) is 5.07. The number of carbonyl (C=O) groups excluding carboxylic acids is 2. The fourth-order valence-corrected chi connectivity index (χ4v) is 3.70. The molecule has 7 nitrogen and oxygen atoms in total. The molecule has 1 unspecified atom stereocenters. The summed E-state index contributed by atoms with van der Waals surface area (Å²) < 4.78 is 17.0. The second kappa shape index (κ2) is 8.51. The minimum atomic E-state index is -0.520. The van der Waals surface area contributed by atoms with Crippen LogP contribution in [0.2, 0.25) is 0 Å². The van der Waals surface area contributed by atoms with E-state index in [1.54, 1.807) is 4.90 Å². The Hall–Kier alpha value is -2.44. The quantitative estimate of drug-likeness (QED) is 0.821. The molecule has 160 valence electrons. The average Bonchev–Trinajstić information content (AvgIpc) is 2.99. The first kappa shape index (κ1) is 21.3. The number of ether oxygens (including phenoxy) is 3. The maximum Gasteiger partial charge on any atom is 0.410 e. The number of fused-ring (bicyclic) bond motifs is 1. The predicted octanol–water partition coefficient (Wildman–Crippen LogP) is 3.99. The molecule has 29 heavy (non-hydrogen) atoms. The maximum atomic E-state index is 12.9. The molecule has 1 N–H and O–H groups in total. The van der Waals surface area contributed by atoms with Crippen LogP contribution < -0.4 is 14.8 Å². The highest BCUT2D eigenvalue weighted by Gasteiger charge is 2.31. The van der Waals surface area contributed by atoms with Crippen LogP contribution in [0.15, 0.2) is 12.1 Å². The lowest BCUT2D eigenvalue weighted by Gasteiger charge is -2.33. The first-order valence-corrected chi connectivity index (χ1v) is 10.4. The van der Waals surface area contributed by atoms with Gasteiger partial charge in [0.2, 0.25) is 5.91 Å². The van der Waals surface area contributed by atoms with Crippen LogP contribution in [0.4, 0.5) is 10.5 Å². The Labute approximate surface area is 172 Å². The Bertz CT molecular complexity index is 763. The highest BCUT2D eigenvalue weighted by molar-refractivity contribution is 5.94. The summed E-state index contributed by atoms with van der Waals surface area (Å²) in [5.74, 6) is 1.26. The van der Waals surface area contributed by atoms with E-state index in [9.17, 15) is 9.59 Å². The van der Waals surface area contributed by atoms with Crippen LogP contribution in [0.1, 0.15) is 53.0 Å². The third-order valence-corrected chi connectivity index (χ3v) is 5.07. The molecular weight excluding hydrogens is 372 g/mol. The number of carbonyl (C=O) groups is 2. The smallest absolute Gasteiger partial charge is 0.410 e. The molecule has 0 aliphatic carbocycles. The number of amides is 2. The van der Waals surface area contributed by atoms with Crippen molar-refractivity contribution in [1.29, 1.82) is 0 Å². The Morgan fingerprint density at radius 3 is 2.55 bits per heavy atom. The SMILES string of the molecule is CCOc1cc2c(cc1NC(=O)C1CCN(C(=O)OC(C)(C)C)CC1)OC(C)C2. The van der Waals surface area contributed by atoms with Gasteiger partial charge in [-0.05, 0) is 53.5 Å². The van der Waals surface area contributed by atoms with Crippen molar-refractivity contribution in [1.82, 2.24) is 4.90 Å². The predicted molar refractivity (Wildman–Crippen MR) is 111 cm³/mol.